The van der Waals surface area contributed by atoms with E-state index in [1.54, 1.807) is 7.11 Å². The molecule has 1 heterocycles. The monoisotopic (exact) mass is 263 g/mol. The lowest BCUT2D eigenvalue weighted by atomic mass is 9.77. The van der Waals surface area contributed by atoms with Crippen LogP contribution < -0.4 is 9.64 Å². The molecule has 4 nitrogen and oxygen atoms in total. The number of ether oxygens (including phenoxy) is 1. The maximum Gasteiger partial charge on any atom is 0.303 e. The van der Waals surface area contributed by atoms with E-state index in [1.807, 2.05) is 12.1 Å². The van der Waals surface area contributed by atoms with Crippen LogP contribution in [-0.2, 0) is 4.79 Å². The summed E-state index contributed by atoms with van der Waals surface area (Å²) >= 11 is 0. The lowest BCUT2D eigenvalue weighted by molar-refractivity contribution is -0.139. The number of nitrogens with zero attached hydrogens (tertiary/aromatic N) is 1. The van der Waals surface area contributed by atoms with E-state index in [0.29, 0.717) is 0 Å². The van der Waals surface area contributed by atoms with Crippen molar-refractivity contribution >= 4 is 11.7 Å². The van der Waals surface area contributed by atoms with Crippen LogP contribution in [-0.4, -0.2) is 31.3 Å². The number of hydrogen-bond donors (Lipinski definition) is 1. The fraction of sp³-hybridized carbons (Fsp3) is 0.533. The lowest BCUT2D eigenvalue weighted by Gasteiger charge is -2.39. The van der Waals surface area contributed by atoms with Crippen molar-refractivity contribution in [3.05, 3.63) is 24.3 Å². The molecule has 0 aromatic heterocycles. The Hall–Kier alpha value is -1.71. The Morgan fingerprint density at radius 2 is 1.89 bits per heavy atom. The zero-order chi connectivity index (χ0) is 13.9. The van der Waals surface area contributed by atoms with Gasteiger partial charge in [-0.25, -0.2) is 0 Å². The molecule has 19 heavy (non-hydrogen) atoms. The zero-order valence-electron chi connectivity index (χ0n) is 11.6. The van der Waals surface area contributed by atoms with E-state index in [-0.39, 0.29) is 11.8 Å². The summed E-state index contributed by atoms with van der Waals surface area (Å²) in [5.41, 5.74) is 1.12. The number of benzene rings is 1. The molecule has 0 saturated carbocycles. The van der Waals surface area contributed by atoms with E-state index >= 15 is 0 Å². The van der Waals surface area contributed by atoms with Gasteiger partial charge in [-0.1, -0.05) is 6.92 Å². The summed E-state index contributed by atoms with van der Waals surface area (Å²) in [7, 11) is 1.66. The van der Waals surface area contributed by atoms with Gasteiger partial charge in [0.2, 0.25) is 0 Å². The number of piperidine rings is 1. The largest absolute Gasteiger partial charge is 0.497 e. The number of anilines is 1. The Bertz CT molecular complexity index is 433. The van der Waals surface area contributed by atoms with Gasteiger partial charge in [0.25, 0.3) is 0 Å². The average Bonchev–Trinajstić information content (AvgIpc) is 2.38. The number of methoxy groups -OCH3 is 1. The number of carboxylic acid groups (broad SMARTS) is 1. The Morgan fingerprint density at radius 3 is 2.37 bits per heavy atom. The van der Waals surface area contributed by atoms with Gasteiger partial charge in [-0.3, -0.25) is 4.79 Å². The highest BCUT2D eigenvalue weighted by Crippen LogP contribution is 2.36. The van der Waals surface area contributed by atoms with Crippen LogP contribution in [0.25, 0.3) is 0 Å². The van der Waals surface area contributed by atoms with Gasteiger partial charge in [-0.05, 0) is 42.5 Å². The summed E-state index contributed by atoms with van der Waals surface area (Å²) in [6.07, 6.45) is 2.11. The van der Waals surface area contributed by atoms with Crippen LogP contribution in [0.1, 0.15) is 26.2 Å². The highest BCUT2D eigenvalue weighted by molar-refractivity contribution is 5.67. The number of hydrogen-bond acceptors (Lipinski definition) is 3. The zero-order valence-corrected chi connectivity index (χ0v) is 11.6. The number of carboxylic acids is 1. The van der Waals surface area contributed by atoms with Crippen LogP contribution in [0.15, 0.2) is 24.3 Å². The molecule has 1 N–H and O–H groups in total. The van der Waals surface area contributed by atoms with E-state index in [2.05, 4.69) is 24.0 Å². The van der Waals surface area contributed by atoms with E-state index in [9.17, 15) is 4.79 Å². The smallest absolute Gasteiger partial charge is 0.303 e. The fourth-order valence-corrected chi connectivity index (χ4v) is 2.64. The molecule has 1 aliphatic heterocycles. The summed E-state index contributed by atoms with van der Waals surface area (Å²) in [4.78, 5) is 13.2. The predicted octanol–water partition coefficient (Wildman–Crippen LogP) is 2.78. The summed E-state index contributed by atoms with van der Waals surface area (Å²) < 4.78 is 5.15. The molecule has 0 atom stereocenters. The molecule has 1 saturated heterocycles. The second-order valence-electron chi connectivity index (χ2n) is 5.57. The van der Waals surface area contributed by atoms with Crippen LogP contribution in [0.2, 0.25) is 0 Å². The summed E-state index contributed by atoms with van der Waals surface area (Å²) in [6, 6.07) is 8.03. The minimum absolute atomic E-state index is 0.0607. The summed E-state index contributed by atoms with van der Waals surface area (Å²) in [5.74, 6) is 0.164. The summed E-state index contributed by atoms with van der Waals surface area (Å²) in [6.45, 7) is 3.90. The third-order valence-electron chi connectivity index (χ3n) is 3.99. The van der Waals surface area contributed by atoms with Gasteiger partial charge < -0.3 is 14.7 Å². The van der Waals surface area contributed by atoms with Gasteiger partial charge in [-0.15, -0.1) is 0 Å². The van der Waals surface area contributed by atoms with Crippen molar-refractivity contribution in [1.29, 1.82) is 0 Å². The number of carbonyl (C=O) groups is 1. The second-order valence-corrected chi connectivity index (χ2v) is 5.57. The van der Waals surface area contributed by atoms with Crippen LogP contribution in [0.5, 0.6) is 5.75 Å². The van der Waals surface area contributed by atoms with Gasteiger partial charge in [0.05, 0.1) is 13.5 Å². The average molecular weight is 263 g/mol. The van der Waals surface area contributed by atoms with Gasteiger partial charge in [0.15, 0.2) is 0 Å². The molecular weight excluding hydrogens is 242 g/mol. The normalized spacial score (nSPS) is 18.1. The molecule has 0 radical (unpaired) electrons. The molecule has 0 amide bonds. The Kier molecular flexibility index (Phi) is 3.98. The molecule has 104 valence electrons. The van der Waals surface area contributed by atoms with Crippen molar-refractivity contribution in [1.82, 2.24) is 0 Å². The number of rotatable bonds is 4. The van der Waals surface area contributed by atoms with Crippen LogP contribution >= 0.6 is 0 Å². The molecular formula is C15H21NO3. The van der Waals surface area contributed by atoms with Crippen molar-refractivity contribution in [3.63, 3.8) is 0 Å². The maximum absolute atomic E-state index is 10.9. The molecule has 0 aliphatic carbocycles. The minimum atomic E-state index is -0.694. The second kappa shape index (κ2) is 5.51. The first-order valence-corrected chi connectivity index (χ1v) is 6.63. The van der Waals surface area contributed by atoms with Crippen molar-refractivity contribution < 1.29 is 14.6 Å². The van der Waals surface area contributed by atoms with Gasteiger partial charge in [0.1, 0.15) is 5.75 Å². The fourth-order valence-electron chi connectivity index (χ4n) is 2.64. The SMILES string of the molecule is COc1ccc(N2CCC(C)(CC(=O)O)CC2)cc1. The molecule has 4 heteroatoms. The molecule has 1 aliphatic rings. The van der Waals surface area contributed by atoms with Crippen molar-refractivity contribution in [3.8, 4) is 5.75 Å². The molecule has 0 spiro atoms. The topological polar surface area (TPSA) is 49.8 Å². The highest BCUT2D eigenvalue weighted by Gasteiger charge is 2.32. The van der Waals surface area contributed by atoms with Gasteiger partial charge >= 0.3 is 5.97 Å². The van der Waals surface area contributed by atoms with Crippen molar-refractivity contribution in [2.24, 2.45) is 5.41 Å². The quantitative estimate of drug-likeness (QED) is 0.907. The van der Waals surface area contributed by atoms with Crippen LogP contribution in [0, 0.1) is 5.41 Å². The molecule has 0 bridgehead atoms. The van der Waals surface area contributed by atoms with Gasteiger partial charge in [0, 0.05) is 18.8 Å². The van der Waals surface area contributed by atoms with Crippen molar-refractivity contribution in [2.45, 2.75) is 26.2 Å². The Morgan fingerprint density at radius 1 is 1.32 bits per heavy atom. The molecule has 1 fully saturated rings. The van der Waals surface area contributed by atoms with Crippen LogP contribution in [0.3, 0.4) is 0 Å². The van der Waals surface area contributed by atoms with Crippen molar-refractivity contribution in [2.75, 3.05) is 25.1 Å². The van der Waals surface area contributed by atoms with E-state index < -0.39 is 5.97 Å². The van der Waals surface area contributed by atoms with E-state index in [4.69, 9.17) is 9.84 Å². The third kappa shape index (κ3) is 3.40. The predicted molar refractivity (Wildman–Crippen MR) is 74.8 cm³/mol. The van der Waals surface area contributed by atoms with Gasteiger partial charge in [-0.2, -0.15) is 0 Å². The molecule has 1 aromatic carbocycles. The molecule has 0 unspecified atom stereocenters. The minimum Gasteiger partial charge on any atom is -0.497 e. The maximum atomic E-state index is 10.9. The third-order valence-corrected chi connectivity index (χ3v) is 3.99. The molecule has 1 aromatic rings. The molecule has 2 rings (SSSR count). The number of aliphatic carboxylic acids is 1. The van der Waals surface area contributed by atoms with E-state index in [1.165, 1.54) is 5.69 Å². The lowest BCUT2D eigenvalue weighted by Crippen LogP contribution is -2.39. The van der Waals surface area contributed by atoms with Crippen LogP contribution in [0.4, 0.5) is 5.69 Å². The Labute approximate surface area is 114 Å². The Balaban J connectivity index is 1.97. The first-order chi connectivity index (χ1) is 9.02. The standard InChI is InChI=1S/C15H21NO3/c1-15(11-14(17)18)7-9-16(10-8-15)12-3-5-13(19-2)6-4-12/h3-6H,7-11H2,1-2H3,(H,17,18). The first-order valence-electron chi connectivity index (χ1n) is 6.63. The first kappa shape index (κ1) is 13.7. The van der Waals surface area contributed by atoms with E-state index in [0.717, 1.165) is 31.7 Å². The summed E-state index contributed by atoms with van der Waals surface area (Å²) in [5, 5.41) is 8.94. The highest BCUT2D eigenvalue weighted by atomic mass is 16.5.